The van der Waals surface area contributed by atoms with Crippen LogP contribution in [0.25, 0.3) is 0 Å². The molecule has 92 valence electrons. The molecule has 0 aliphatic carbocycles. The van der Waals surface area contributed by atoms with E-state index in [4.69, 9.17) is 5.84 Å². The summed E-state index contributed by atoms with van der Waals surface area (Å²) in [5.41, 5.74) is 2.68. The van der Waals surface area contributed by atoms with Crippen molar-refractivity contribution < 1.29 is 4.79 Å². The van der Waals surface area contributed by atoms with E-state index in [0.29, 0.717) is 11.5 Å². The van der Waals surface area contributed by atoms with Crippen molar-refractivity contribution in [3.05, 3.63) is 17.8 Å². The van der Waals surface area contributed by atoms with Crippen molar-refractivity contribution in [2.24, 2.45) is 5.84 Å². The zero-order valence-electron chi connectivity index (χ0n) is 9.35. The van der Waals surface area contributed by atoms with Crippen molar-refractivity contribution in [2.45, 2.75) is 18.9 Å². The van der Waals surface area contributed by atoms with Crippen molar-refractivity contribution in [2.75, 3.05) is 16.9 Å². The minimum Gasteiger partial charge on any atom is -0.347 e. The molecule has 2 heterocycles. The lowest BCUT2D eigenvalue weighted by molar-refractivity contribution is 0.0932. The van der Waals surface area contributed by atoms with Crippen LogP contribution in [0.2, 0.25) is 0 Å². The Bertz CT molecular complexity index is 377. The number of nitrogen functional groups attached to an aromatic ring is 1. The maximum absolute atomic E-state index is 11.8. The summed E-state index contributed by atoms with van der Waals surface area (Å²) in [6, 6.07) is 3.47. The maximum Gasteiger partial charge on any atom is 0.272 e. The first-order chi connectivity index (χ1) is 8.29. The van der Waals surface area contributed by atoms with E-state index in [1.807, 2.05) is 11.8 Å². The fraction of sp³-hybridized carbons (Fsp3) is 0.500. The summed E-state index contributed by atoms with van der Waals surface area (Å²) in [6.07, 6.45) is 2.19. The number of carbonyl (C=O) groups is 1. The second kappa shape index (κ2) is 5.83. The molecule has 1 fully saturated rings. The molecule has 0 spiro atoms. The number of hydrogen-bond donors (Lipinski definition) is 3. The summed E-state index contributed by atoms with van der Waals surface area (Å²) >= 11 is 1.87. The van der Waals surface area contributed by atoms with Gasteiger partial charge in [-0.2, -0.15) is 11.8 Å². The standard InChI is InChI=1S/C10H15N5OS/c11-13-9-4-3-8(14-15-9)10(16)12-7-2-1-5-17-6-7/h3-4,7H,1-2,5-6,11H2,(H,12,16)(H,13,15). The van der Waals surface area contributed by atoms with E-state index in [-0.39, 0.29) is 11.9 Å². The van der Waals surface area contributed by atoms with E-state index in [1.165, 1.54) is 5.75 Å². The molecule has 7 heteroatoms. The Labute approximate surface area is 104 Å². The van der Waals surface area contributed by atoms with Crippen LogP contribution in [0.3, 0.4) is 0 Å². The van der Waals surface area contributed by atoms with Crippen molar-refractivity contribution in [3.63, 3.8) is 0 Å². The summed E-state index contributed by atoms with van der Waals surface area (Å²) in [5.74, 6) is 7.59. The van der Waals surface area contributed by atoms with E-state index in [0.717, 1.165) is 18.6 Å². The molecule has 1 amide bonds. The summed E-state index contributed by atoms with van der Waals surface area (Å²) in [5, 5.41) is 10.5. The monoisotopic (exact) mass is 253 g/mol. The lowest BCUT2D eigenvalue weighted by Gasteiger charge is -2.22. The Hall–Kier alpha value is -1.34. The first-order valence-electron chi connectivity index (χ1n) is 5.48. The summed E-state index contributed by atoms with van der Waals surface area (Å²) < 4.78 is 0. The minimum absolute atomic E-state index is 0.173. The zero-order chi connectivity index (χ0) is 12.1. The first-order valence-corrected chi connectivity index (χ1v) is 6.64. The van der Waals surface area contributed by atoms with E-state index >= 15 is 0 Å². The average molecular weight is 253 g/mol. The molecule has 0 radical (unpaired) electrons. The number of hydrazine groups is 1. The van der Waals surface area contributed by atoms with Crippen LogP contribution in [0.4, 0.5) is 5.82 Å². The average Bonchev–Trinajstić information content (AvgIpc) is 2.40. The normalized spacial score (nSPS) is 19.7. The molecule has 2 rings (SSSR count). The number of hydrogen-bond acceptors (Lipinski definition) is 6. The predicted octanol–water partition coefficient (Wildman–Crippen LogP) is 0.388. The van der Waals surface area contributed by atoms with Crippen LogP contribution < -0.4 is 16.6 Å². The van der Waals surface area contributed by atoms with Gasteiger partial charge in [-0.3, -0.25) is 4.79 Å². The molecular weight excluding hydrogens is 238 g/mol. The van der Waals surface area contributed by atoms with Gasteiger partial charge in [0.2, 0.25) is 0 Å². The highest BCUT2D eigenvalue weighted by atomic mass is 32.2. The lowest BCUT2D eigenvalue weighted by Crippen LogP contribution is -2.38. The number of carbonyl (C=O) groups excluding carboxylic acids is 1. The third-order valence-electron chi connectivity index (χ3n) is 2.54. The molecule has 1 unspecified atom stereocenters. The Morgan fingerprint density at radius 2 is 2.35 bits per heavy atom. The smallest absolute Gasteiger partial charge is 0.272 e. The molecule has 1 aliphatic rings. The van der Waals surface area contributed by atoms with Gasteiger partial charge in [0, 0.05) is 11.8 Å². The topological polar surface area (TPSA) is 92.9 Å². The highest BCUT2D eigenvalue weighted by Gasteiger charge is 2.17. The Balaban J connectivity index is 1.93. The van der Waals surface area contributed by atoms with Crippen LogP contribution in [-0.2, 0) is 0 Å². The molecule has 1 aromatic heterocycles. The molecule has 6 nitrogen and oxygen atoms in total. The molecule has 17 heavy (non-hydrogen) atoms. The van der Waals surface area contributed by atoms with Crippen LogP contribution >= 0.6 is 11.8 Å². The fourth-order valence-electron chi connectivity index (χ4n) is 1.64. The van der Waals surface area contributed by atoms with Gasteiger partial charge in [0.25, 0.3) is 5.91 Å². The van der Waals surface area contributed by atoms with E-state index in [2.05, 4.69) is 20.9 Å². The Morgan fingerprint density at radius 1 is 1.47 bits per heavy atom. The molecule has 0 saturated carbocycles. The SMILES string of the molecule is NNc1ccc(C(=O)NC2CCCSC2)nn1. The van der Waals surface area contributed by atoms with Gasteiger partial charge < -0.3 is 10.7 Å². The molecule has 0 bridgehead atoms. The van der Waals surface area contributed by atoms with Crippen LogP contribution in [-0.4, -0.2) is 33.7 Å². The van der Waals surface area contributed by atoms with Crippen molar-refractivity contribution in [1.29, 1.82) is 0 Å². The number of thioether (sulfide) groups is 1. The number of nitrogens with two attached hydrogens (primary N) is 1. The van der Waals surface area contributed by atoms with Gasteiger partial charge in [-0.25, -0.2) is 5.84 Å². The first kappa shape index (κ1) is 12.1. The van der Waals surface area contributed by atoms with Crippen molar-refractivity contribution >= 4 is 23.5 Å². The third kappa shape index (κ3) is 3.31. The maximum atomic E-state index is 11.8. The van der Waals surface area contributed by atoms with Crippen molar-refractivity contribution in [3.8, 4) is 0 Å². The molecule has 4 N–H and O–H groups in total. The summed E-state index contributed by atoms with van der Waals surface area (Å²) in [4.78, 5) is 11.8. The minimum atomic E-state index is -0.173. The quantitative estimate of drug-likeness (QED) is 0.533. The number of aromatic nitrogens is 2. The summed E-state index contributed by atoms with van der Waals surface area (Å²) in [6.45, 7) is 0. The van der Waals surface area contributed by atoms with Gasteiger partial charge >= 0.3 is 0 Å². The number of anilines is 1. The molecular formula is C10H15N5OS. The summed E-state index contributed by atoms with van der Waals surface area (Å²) in [7, 11) is 0. The fourth-order valence-corrected chi connectivity index (χ4v) is 2.72. The number of rotatable bonds is 3. The highest BCUT2D eigenvalue weighted by molar-refractivity contribution is 7.99. The van der Waals surface area contributed by atoms with Crippen molar-refractivity contribution in [1.82, 2.24) is 15.5 Å². The van der Waals surface area contributed by atoms with Gasteiger partial charge in [0.15, 0.2) is 11.5 Å². The molecule has 1 saturated heterocycles. The zero-order valence-corrected chi connectivity index (χ0v) is 10.2. The van der Waals surface area contributed by atoms with Gasteiger partial charge in [0.1, 0.15) is 0 Å². The molecule has 1 atom stereocenters. The Kier molecular flexibility index (Phi) is 4.16. The number of nitrogens with one attached hydrogen (secondary N) is 2. The van der Waals surface area contributed by atoms with Gasteiger partial charge in [-0.05, 0) is 30.7 Å². The van der Waals surface area contributed by atoms with Crippen LogP contribution in [0, 0.1) is 0 Å². The van der Waals surface area contributed by atoms with E-state index in [9.17, 15) is 4.79 Å². The predicted molar refractivity (Wildman–Crippen MR) is 67.7 cm³/mol. The van der Waals surface area contributed by atoms with E-state index in [1.54, 1.807) is 12.1 Å². The largest absolute Gasteiger partial charge is 0.347 e. The number of amides is 1. The second-order valence-electron chi connectivity index (χ2n) is 3.84. The van der Waals surface area contributed by atoms with Gasteiger partial charge in [-0.1, -0.05) is 0 Å². The van der Waals surface area contributed by atoms with Crippen LogP contribution in [0.1, 0.15) is 23.3 Å². The molecule has 1 aromatic rings. The number of nitrogens with zero attached hydrogens (tertiary/aromatic N) is 2. The highest BCUT2D eigenvalue weighted by Crippen LogP contribution is 2.17. The van der Waals surface area contributed by atoms with Crippen LogP contribution in [0.5, 0.6) is 0 Å². The van der Waals surface area contributed by atoms with Gasteiger partial charge in [-0.15, -0.1) is 10.2 Å². The van der Waals surface area contributed by atoms with Crippen LogP contribution in [0.15, 0.2) is 12.1 Å². The molecule has 1 aliphatic heterocycles. The lowest BCUT2D eigenvalue weighted by atomic mass is 10.2. The Morgan fingerprint density at radius 3 is 2.94 bits per heavy atom. The van der Waals surface area contributed by atoms with Gasteiger partial charge in [0.05, 0.1) is 0 Å². The second-order valence-corrected chi connectivity index (χ2v) is 4.99. The molecule has 0 aromatic carbocycles. The van der Waals surface area contributed by atoms with E-state index < -0.39 is 0 Å². The third-order valence-corrected chi connectivity index (χ3v) is 3.76.